The van der Waals surface area contributed by atoms with Crippen LogP contribution in [0.5, 0.6) is 11.5 Å². The number of thioether (sulfide) groups is 1. The number of carbonyl (C=O) groups is 1. The molecule has 0 aliphatic heterocycles. The van der Waals surface area contributed by atoms with Gasteiger partial charge in [-0.25, -0.2) is 4.98 Å². The van der Waals surface area contributed by atoms with Gasteiger partial charge in [0, 0.05) is 13.6 Å². The first kappa shape index (κ1) is 20.2. The van der Waals surface area contributed by atoms with E-state index in [1.54, 1.807) is 34.3 Å². The minimum Gasteiger partial charge on any atom is -0.493 e. The molecule has 0 bridgehead atoms. The minimum absolute atomic E-state index is 0.0968. The summed E-state index contributed by atoms with van der Waals surface area (Å²) < 4.78 is 12.6. The predicted molar refractivity (Wildman–Crippen MR) is 112 cm³/mol. The van der Waals surface area contributed by atoms with Gasteiger partial charge in [-0.1, -0.05) is 17.8 Å². The van der Waals surface area contributed by atoms with Crippen molar-refractivity contribution in [2.24, 2.45) is 7.05 Å². The van der Waals surface area contributed by atoms with Gasteiger partial charge in [-0.15, -0.1) is 11.3 Å². The summed E-state index contributed by atoms with van der Waals surface area (Å²) >= 11 is 2.63. The average molecular weight is 420 g/mol. The smallest absolute Gasteiger partial charge is 0.271 e. The number of methoxy groups -OCH3 is 2. The van der Waals surface area contributed by atoms with Crippen molar-refractivity contribution in [2.45, 2.75) is 23.9 Å². The molecule has 1 atom stereocenters. The second kappa shape index (κ2) is 8.66. The Labute approximate surface area is 170 Å². The van der Waals surface area contributed by atoms with E-state index < -0.39 is 5.25 Å². The third-order valence-electron chi connectivity index (χ3n) is 4.21. The van der Waals surface area contributed by atoms with Gasteiger partial charge in [0.15, 0.2) is 16.7 Å². The van der Waals surface area contributed by atoms with E-state index in [1.807, 2.05) is 23.6 Å². The molecule has 0 aliphatic carbocycles. The van der Waals surface area contributed by atoms with E-state index in [0.29, 0.717) is 33.4 Å². The maximum atomic E-state index is 12.5. The SMILES string of the molecule is COc1ccc(CNC(=O)C(C)Sc2nc3ccsc3c(=O)n2C)cc1OC. The van der Waals surface area contributed by atoms with Crippen LogP contribution in [0.1, 0.15) is 12.5 Å². The highest BCUT2D eigenvalue weighted by atomic mass is 32.2. The molecule has 7 nitrogen and oxygen atoms in total. The highest BCUT2D eigenvalue weighted by molar-refractivity contribution is 8.00. The number of ether oxygens (including phenoxy) is 2. The maximum absolute atomic E-state index is 12.5. The second-order valence-corrected chi connectivity index (χ2v) is 8.28. The Hall–Kier alpha value is -2.52. The van der Waals surface area contributed by atoms with Gasteiger partial charge in [-0.05, 0) is 36.1 Å². The summed E-state index contributed by atoms with van der Waals surface area (Å²) in [5, 5.41) is 4.85. The molecule has 28 heavy (non-hydrogen) atoms. The lowest BCUT2D eigenvalue weighted by Gasteiger charge is -2.14. The molecule has 0 aliphatic rings. The number of carbonyl (C=O) groups excluding carboxylic acids is 1. The molecule has 148 valence electrons. The van der Waals surface area contributed by atoms with Gasteiger partial charge < -0.3 is 14.8 Å². The number of nitrogens with zero attached hydrogens (tertiary/aromatic N) is 2. The van der Waals surface area contributed by atoms with E-state index in [-0.39, 0.29) is 11.5 Å². The standard InChI is InChI=1S/C19H21N3O4S2/c1-11(28-19-21-13-7-8-27-16(13)18(24)22(19)2)17(23)20-10-12-5-6-14(25-3)15(9-12)26-4/h5-9,11H,10H2,1-4H3,(H,20,23). The van der Waals surface area contributed by atoms with Gasteiger partial charge in [0.05, 0.1) is 25.0 Å². The van der Waals surface area contributed by atoms with E-state index >= 15 is 0 Å². The number of nitrogens with one attached hydrogen (secondary N) is 1. The molecule has 1 aromatic carbocycles. The van der Waals surface area contributed by atoms with Crippen molar-refractivity contribution in [3.63, 3.8) is 0 Å². The van der Waals surface area contributed by atoms with Crippen LogP contribution < -0.4 is 20.3 Å². The summed E-state index contributed by atoms with van der Waals surface area (Å²) in [6.07, 6.45) is 0. The van der Waals surface area contributed by atoms with Crippen molar-refractivity contribution >= 4 is 39.2 Å². The van der Waals surface area contributed by atoms with Gasteiger partial charge in [0.2, 0.25) is 5.91 Å². The molecule has 2 aromatic heterocycles. The first-order chi connectivity index (χ1) is 13.4. The lowest BCUT2D eigenvalue weighted by atomic mass is 10.2. The molecule has 9 heteroatoms. The van der Waals surface area contributed by atoms with Gasteiger partial charge in [-0.3, -0.25) is 14.2 Å². The number of rotatable bonds is 7. The van der Waals surface area contributed by atoms with Crippen molar-refractivity contribution < 1.29 is 14.3 Å². The second-order valence-electron chi connectivity index (χ2n) is 6.06. The quantitative estimate of drug-likeness (QED) is 0.468. The van der Waals surface area contributed by atoms with Crippen molar-refractivity contribution in [3.05, 3.63) is 45.6 Å². The molecule has 2 heterocycles. The van der Waals surface area contributed by atoms with Crippen LogP contribution in [0, 0.1) is 0 Å². The maximum Gasteiger partial charge on any atom is 0.271 e. The molecule has 3 aromatic rings. The molecule has 1 N–H and O–H groups in total. The minimum atomic E-state index is -0.408. The highest BCUT2D eigenvalue weighted by Crippen LogP contribution is 2.28. The Morgan fingerprint density at radius 2 is 2.04 bits per heavy atom. The van der Waals surface area contributed by atoms with Crippen LogP contribution >= 0.6 is 23.1 Å². The lowest BCUT2D eigenvalue weighted by Crippen LogP contribution is -2.31. The third kappa shape index (κ3) is 4.15. The normalized spacial score (nSPS) is 12.0. The monoisotopic (exact) mass is 419 g/mol. The number of hydrogen-bond donors (Lipinski definition) is 1. The van der Waals surface area contributed by atoms with Gasteiger partial charge >= 0.3 is 0 Å². The molecule has 0 fully saturated rings. The molecule has 0 spiro atoms. The first-order valence-corrected chi connectivity index (χ1v) is 10.3. The van der Waals surface area contributed by atoms with Gasteiger partial charge in [-0.2, -0.15) is 0 Å². The summed E-state index contributed by atoms with van der Waals surface area (Å²) in [5.41, 5.74) is 1.46. The Kier molecular flexibility index (Phi) is 6.25. The van der Waals surface area contributed by atoms with E-state index in [0.717, 1.165) is 5.56 Å². The van der Waals surface area contributed by atoms with E-state index in [4.69, 9.17) is 9.47 Å². The number of hydrogen-bond acceptors (Lipinski definition) is 7. The van der Waals surface area contributed by atoms with Crippen LogP contribution in [0.2, 0.25) is 0 Å². The Morgan fingerprint density at radius 3 is 2.75 bits per heavy atom. The Morgan fingerprint density at radius 1 is 1.29 bits per heavy atom. The lowest BCUT2D eigenvalue weighted by molar-refractivity contribution is -0.120. The Balaban J connectivity index is 1.67. The number of benzene rings is 1. The molecule has 3 rings (SSSR count). The molecule has 1 unspecified atom stereocenters. The van der Waals surface area contributed by atoms with Crippen LogP contribution in [0.3, 0.4) is 0 Å². The summed E-state index contributed by atoms with van der Waals surface area (Å²) in [5.74, 6) is 1.11. The summed E-state index contributed by atoms with van der Waals surface area (Å²) in [4.78, 5) is 29.4. The van der Waals surface area contributed by atoms with Crippen LogP contribution in [-0.4, -0.2) is 34.9 Å². The van der Waals surface area contributed by atoms with E-state index in [1.165, 1.54) is 27.7 Å². The van der Waals surface area contributed by atoms with Crippen molar-refractivity contribution in [2.75, 3.05) is 14.2 Å². The molecule has 0 saturated heterocycles. The fourth-order valence-electron chi connectivity index (χ4n) is 2.61. The summed E-state index contributed by atoms with van der Waals surface area (Å²) in [6.45, 7) is 2.15. The number of aromatic nitrogens is 2. The van der Waals surface area contributed by atoms with E-state index in [2.05, 4.69) is 10.3 Å². The zero-order valence-electron chi connectivity index (χ0n) is 16.0. The molecule has 1 amide bonds. The first-order valence-electron chi connectivity index (χ1n) is 8.54. The van der Waals surface area contributed by atoms with E-state index in [9.17, 15) is 9.59 Å². The third-order valence-corrected chi connectivity index (χ3v) is 6.25. The predicted octanol–water partition coefficient (Wildman–Crippen LogP) is 2.81. The van der Waals surface area contributed by atoms with Gasteiger partial charge in [0.1, 0.15) is 4.70 Å². The summed E-state index contributed by atoms with van der Waals surface area (Å²) in [6, 6.07) is 7.31. The highest BCUT2D eigenvalue weighted by Gasteiger charge is 2.18. The van der Waals surface area contributed by atoms with Crippen molar-refractivity contribution in [3.8, 4) is 11.5 Å². The summed E-state index contributed by atoms with van der Waals surface area (Å²) in [7, 11) is 4.82. The van der Waals surface area contributed by atoms with Crippen LogP contribution in [-0.2, 0) is 18.4 Å². The Bertz CT molecular complexity index is 1060. The average Bonchev–Trinajstić information content (AvgIpc) is 3.18. The van der Waals surface area contributed by atoms with Crippen molar-refractivity contribution in [1.29, 1.82) is 0 Å². The fourth-order valence-corrected chi connectivity index (χ4v) is 4.31. The van der Waals surface area contributed by atoms with Gasteiger partial charge in [0.25, 0.3) is 5.56 Å². The largest absolute Gasteiger partial charge is 0.493 e. The van der Waals surface area contributed by atoms with Crippen LogP contribution in [0.25, 0.3) is 10.2 Å². The number of thiophene rings is 1. The van der Waals surface area contributed by atoms with Crippen LogP contribution in [0.15, 0.2) is 39.6 Å². The number of amides is 1. The fraction of sp³-hybridized carbons (Fsp3) is 0.316. The molecular weight excluding hydrogens is 398 g/mol. The molecule has 0 saturated carbocycles. The van der Waals surface area contributed by atoms with Crippen molar-refractivity contribution in [1.82, 2.24) is 14.9 Å². The molecular formula is C19H21N3O4S2. The number of fused-ring (bicyclic) bond motifs is 1. The zero-order chi connectivity index (χ0) is 20.3. The van der Waals surface area contributed by atoms with Crippen LogP contribution in [0.4, 0.5) is 0 Å². The zero-order valence-corrected chi connectivity index (χ0v) is 17.6. The molecule has 0 radical (unpaired) electrons. The topological polar surface area (TPSA) is 82.5 Å².